The lowest BCUT2D eigenvalue weighted by Gasteiger charge is -2.21. The summed E-state index contributed by atoms with van der Waals surface area (Å²) in [5.41, 5.74) is 3.90. The van der Waals surface area contributed by atoms with E-state index in [-0.39, 0.29) is 30.1 Å². The first kappa shape index (κ1) is 28.7. The van der Waals surface area contributed by atoms with Crippen molar-refractivity contribution in [3.05, 3.63) is 88.7 Å². The average Bonchev–Trinajstić information content (AvgIpc) is 3.21. The van der Waals surface area contributed by atoms with Crippen molar-refractivity contribution >= 4 is 29.4 Å². The zero-order chi connectivity index (χ0) is 27.6. The van der Waals surface area contributed by atoms with Crippen LogP contribution in [-0.4, -0.2) is 40.6 Å². The standard InChI is InChI=1S/C32H38N2O4S/c1-23-19-28(24(2)34(23)20-25-13-7-6-8-14-25)29(35)21-38-32(37)27-17-11-12-18-30(27)39-22-31(36)33-26-15-9-4-3-5-10-16-26/h6-8,11-14,17-19,26H,3-5,9-10,15-16,20-22H2,1-2H3,(H,33,36). The van der Waals surface area contributed by atoms with Gasteiger partial charge >= 0.3 is 5.97 Å². The predicted molar refractivity (Wildman–Crippen MR) is 155 cm³/mol. The maximum Gasteiger partial charge on any atom is 0.339 e. The van der Waals surface area contributed by atoms with Gasteiger partial charge in [0.2, 0.25) is 11.7 Å². The van der Waals surface area contributed by atoms with Crippen LogP contribution in [0.3, 0.4) is 0 Å². The van der Waals surface area contributed by atoms with Crippen molar-refractivity contribution in [2.75, 3.05) is 12.4 Å². The van der Waals surface area contributed by atoms with Gasteiger partial charge in [0.15, 0.2) is 6.61 Å². The molecule has 0 spiro atoms. The number of ketones is 1. The largest absolute Gasteiger partial charge is 0.454 e. The van der Waals surface area contributed by atoms with Crippen LogP contribution in [-0.2, 0) is 16.1 Å². The molecule has 1 amide bonds. The Morgan fingerprint density at radius 2 is 1.56 bits per heavy atom. The highest BCUT2D eigenvalue weighted by Crippen LogP contribution is 2.24. The molecule has 39 heavy (non-hydrogen) atoms. The monoisotopic (exact) mass is 546 g/mol. The summed E-state index contributed by atoms with van der Waals surface area (Å²) in [5, 5.41) is 3.17. The number of carbonyl (C=O) groups is 3. The van der Waals surface area contributed by atoms with Crippen molar-refractivity contribution in [2.45, 2.75) is 76.3 Å². The molecule has 1 aromatic heterocycles. The van der Waals surface area contributed by atoms with Crippen molar-refractivity contribution in [1.82, 2.24) is 9.88 Å². The molecule has 6 nitrogen and oxygen atoms in total. The zero-order valence-electron chi connectivity index (χ0n) is 22.9. The molecule has 1 aliphatic rings. The van der Waals surface area contributed by atoms with Gasteiger partial charge in [-0.3, -0.25) is 9.59 Å². The van der Waals surface area contributed by atoms with Crippen LogP contribution in [0.5, 0.6) is 0 Å². The summed E-state index contributed by atoms with van der Waals surface area (Å²) >= 11 is 1.32. The number of amides is 1. The Balaban J connectivity index is 1.32. The van der Waals surface area contributed by atoms with Crippen LogP contribution in [0.2, 0.25) is 0 Å². The summed E-state index contributed by atoms with van der Waals surface area (Å²) in [5.74, 6) is -0.591. The molecule has 0 aliphatic heterocycles. The van der Waals surface area contributed by atoms with Gasteiger partial charge in [-0.1, -0.05) is 74.6 Å². The molecule has 1 fully saturated rings. The summed E-state index contributed by atoms with van der Waals surface area (Å²) in [6, 6.07) is 19.2. The summed E-state index contributed by atoms with van der Waals surface area (Å²) < 4.78 is 7.55. The highest BCUT2D eigenvalue weighted by atomic mass is 32.2. The molecular formula is C32H38N2O4S. The number of nitrogens with one attached hydrogen (secondary N) is 1. The number of carbonyl (C=O) groups excluding carboxylic acids is 3. The van der Waals surface area contributed by atoms with E-state index in [0.29, 0.717) is 22.6 Å². The Labute approximate surface area is 235 Å². The second-order valence-electron chi connectivity index (χ2n) is 10.3. The molecule has 1 saturated carbocycles. The van der Waals surface area contributed by atoms with Gasteiger partial charge in [0.05, 0.1) is 11.3 Å². The maximum absolute atomic E-state index is 13.0. The number of esters is 1. The van der Waals surface area contributed by atoms with Crippen LogP contribution >= 0.6 is 11.8 Å². The van der Waals surface area contributed by atoms with Crippen LogP contribution in [0.25, 0.3) is 0 Å². The minimum Gasteiger partial charge on any atom is -0.454 e. The number of thioether (sulfide) groups is 1. The molecule has 7 heteroatoms. The highest BCUT2D eigenvalue weighted by Gasteiger charge is 2.20. The van der Waals surface area contributed by atoms with Crippen LogP contribution in [0.15, 0.2) is 65.6 Å². The van der Waals surface area contributed by atoms with Crippen molar-refractivity contribution in [1.29, 1.82) is 0 Å². The SMILES string of the molecule is Cc1cc(C(=O)COC(=O)c2ccccc2SCC(=O)NC2CCCCCCC2)c(C)n1Cc1ccccc1. The minimum absolute atomic E-state index is 0.0187. The molecule has 1 aliphatic carbocycles. The average molecular weight is 547 g/mol. The first-order valence-electron chi connectivity index (χ1n) is 13.8. The van der Waals surface area contributed by atoms with Gasteiger partial charge in [0.25, 0.3) is 0 Å². The lowest BCUT2D eigenvalue weighted by molar-refractivity contribution is -0.119. The normalized spacial score (nSPS) is 14.3. The minimum atomic E-state index is -0.565. The molecule has 4 rings (SSSR count). The van der Waals surface area contributed by atoms with E-state index < -0.39 is 5.97 Å². The van der Waals surface area contributed by atoms with Gasteiger partial charge in [-0.05, 0) is 50.5 Å². The molecule has 0 saturated heterocycles. The van der Waals surface area contributed by atoms with E-state index in [1.165, 1.54) is 31.0 Å². The fraction of sp³-hybridized carbons (Fsp3) is 0.406. The topological polar surface area (TPSA) is 77.4 Å². The summed E-state index contributed by atoms with van der Waals surface area (Å²) in [7, 11) is 0. The van der Waals surface area contributed by atoms with Crippen LogP contribution in [0, 0.1) is 13.8 Å². The number of nitrogens with zero attached hydrogens (tertiary/aromatic N) is 1. The van der Waals surface area contributed by atoms with Gasteiger partial charge in [0.1, 0.15) is 0 Å². The fourth-order valence-electron chi connectivity index (χ4n) is 5.15. The number of rotatable bonds is 10. The molecule has 0 unspecified atom stereocenters. The van der Waals surface area contributed by atoms with Crippen molar-refractivity contribution in [3.63, 3.8) is 0 Å². The molecule has 3 aromatic rings. The smallest absolute Gasteiger partial charge is 0.339 e. The Kier molecular flexibility index (Phi) is 10.4. The van der Waals surface area contributed by atoms with Crippen molar-refractivity contribution in [2.24, 2.45) is 0 Å². The number of hydrogen-bond donors (Lipinski definition) is 1. The van der Waals surface area contributed by atoms with E-state index in [1.807, 2.05) is 50.2 Å². The van der Waals surface area contributed by atoms with E-state index in [9.17, 15) is 14.4 Å². The number of ether oxygens (including phenoxy) is 1. The van der Waals surface area contributed by atoms with E-state index in [4.69, 9.17) is 4.74 Å². The number of benzene rings is 2. The van der Waals surface area contributed by atoms with E-state index >= 15 is 0 Å². The second-order valence-corrected chi connectivity index (χ2v) is 11.3. The molecule has 1 heterocycles. The van der Waals surface area contributed by atoms with E-state index in [2.05, 4.69) is 22.0 Å². The van der Waals surface area contributed by atoms with Gasteiger partial charge in [0, 0.05) is 34.4 Å². The third-order valence-corrected chi connectivity index (χ3v) is 8.40. The molecule has 1 N–H and O–H groups in total. The molecular weight excluding hydrogens is 508 g/mol. The summed E-state index contributed by atoms with van der Waals surface area (Å²) in [4.78, 5) is 39.2. The number of Topliss-reactive ketones (excluding diaryl/α,β-unsaturated/α-hetero) is 1. The van der Waals surface area contributed by atoms with Crippen molar-refractivity contribution in [3.8, 4) is 0 Å². The van der Waals surface area contributed by atoms with E-state index in [0.717, 1.165) is 42.6 Å². The number of hydrogen-bond acceptors (Lipinski definition) is 5. The summed E-state index contributed by atoms with van der Waals surface area (Å²) in [6.45, 7) is 4.22. The maximum atomic E-state index is 13.0. The third kappa shape index (κ3) is 8.09. The Bertz CT molecular complexity index is 1280. The Morgan fingerprint density at radius 1 is 0.897 bits per heavy atom. The lowest BCUT2D eigenvalue weighted by atomic mass is 9.97. The fourth-order valence-corrected chi connectivity index (χ4v) is 6.01. The molecule has 0 bridgehead atoms. The molecule has 2 aromatic carbocycles. The zero-order valence-corrected chi connectivity index (χ0v) is 23.7. The van der Waals surface area contributed by atoms with Crippen LogP contribution < -0.4 is 5.32 Å². The Hall–Kier alpha value is -3.32. The summed E-state index contributed by atoms with van der Waals surface area (Å²) in [6.07, 6.45) is 8.12. The Morgan fingerprint density at radius 3 is 2.31 bits per heavy atom. The second kappa shape index (κ2) is 14.2. The third-order valence-electron chi connectivity index (χ3n) is 7.33. The first-order valence-corrected chi connectivity index (χ1v) is 14.8. The molecule has 206 valence electrons. The van der Waals surface area contributed by atoms with E-state index in [1.54, 1.807) is 12.1 Å². The van der Waals surface area contributed by atoms with Crippen molar-refractivity contribution < 1.29 is 19.1 Å². The predicted octanol–water partition coefficient (Wildman–Crippen LogP) is 6.51. The number of aromatic nitrogens is 1. The van der Waals surface area contributed by atoms with Gasteiger partial charge in [-0.2, -0.15) is 0 Å². The molecule has 0 radical (unpaired) electrons. The van der Waals surface area contributed by atoms with Crippen LogP contribution in [0.4, 0.5) is 0 Å². The lowest BCUT2D eigenvalue weighted by Crippen LogP contribution is -2.36. The quantitative estimate of drug-likeness (QED) is 0.178. The van der Waals surface area contributed by atoms with Crippen LogP contribution in [0.1, 0.15) is 82.6 Å². The first-order chi connectivity index (χ1) is 18.9. The molecule has 0 atom stereocenters. The van der Waals surface area contributed by atoms with Gasteiger partial charge in [-0.15, -0.1) is 11.8 Å². The van der Waals surface area contributed by atoms with Gasteiger partial charge in [-0.25, -0.2) is 4.79 Å². The number of aryl methyl sites for hydroxylation is 1. The van der Waals surface area contributed by atoms with Gasteiger partial charge < -0.3 is 14.6 Å². The highest BCUT2D eigenvalue weighted by molar-refractivity contribution is 8.00.